The third kappa shape index (κ3) is 6.98. The summed E-state index contributed by atoms with van der Waals surface area (Å²) in [4.78, 5) is 23.9. The Balaban J connectivity index is 1.88. The molecule has 0 saturated heterocycles. The summed E-state index contributed by atoms with van der Waals surface area (Å²) < 4.78 is 10.6. The summed E-state index contributed by atoms with van der Waals surface area (Å²) in [6.07, 6.45) is 3.18. The number of ether oxygens (including phenoxy) is 2. The van der Waals surface area contributed by atoms with Crippen LogP contribution in [0.25, 0.3) is 6.08 Å². The second-order valence-corrected chi connectivity index (χ2v) is 6.39. The Kier molecular flexibility index (Phi) is 7.62. The molecule has 0 unspecified atom stereocenters. The van der Waals surface area contributed by atoms with E-state index < -0.39 is 0 Å². The molecule has 0 bridgehead atoms. The number of rotatable bonds is 8. The topological polar surface area (TPSA) is 64.6 Å². The van der Waals surface area contributed by atoms with Crippen LogP contribution in [0.15, 0.2) is 54.6 Å². The number of anilines is 1. The highest BCUT2D eigenvalue weighted by Gasteiger charge is 2.08. The van der Waals surface area contributed by atoms with Crippen LogP contribution in [0.3, 0.4) is 0 Å². The van der Waals surface area contributed by atoms with Crippen LogP contribution < -0.4 is 10.1 Å². The molecule has 1 N–H and O–H groups in total. The number of nitrogens with one attached hydrogen (secondary N) is 1. The van der Waals surface area contributed by atoms with Crippen molar-refractivity contribution in [3.8, 4) is 5.75 Å². The molecule has 2 aromatic carbocycles. The smallest absolute Gasteiger partial charge is 0.338 e. The molecule has 5 nitrogen and oxygen atoms in total. The van der Waals surface area contributed by atoms with Crippen molar-refractivity contribution in [3.05, 3.63) is 65.7 Å². The number of carbonyl (C=O) groups excluding carboxylic acids is 2. The molecule has 0 atom stereocenters. The van der Waals surface area contributed by atoms with Crippen molar-refractivity contribution in [2.24, 2.45) is 5.92 Å². The maximum atomic E-state index is 12.0. The van der Waals surface area contributed by atoms with Crippen molar-refractivity contribution in [1.29, 1.82) is 0 Å². The summed E-state index contributed by atoms with van der Waals surface area (Å²) in [6.45, 7) is 6.89. The van der Waals surface area contributed by atoms with E-state index in [9.17, 15) is 9.59 Å². The van der Waals surface area contributed by atoms with Crippen LogP contribution in [0.5, 0.6) is 5.75 Å². The van der Waals surface area contributed by atoms with Gasteiger partial charge < -0.3 is 14.8 Å². The number of benzene rings is 2. The first kappa shape index (κ1) is 20.2. The fourth-order valence-corrected chi connectivity index (χ4v) is 2.21. The van der Waals surface area contributed by atoms with Gasteiger partial charge in [0.05, 0.1) is 18.8 Å². The highest BCUT2D eigenvalue weighted by molar-refractivity contribution is 6.02. The molecule has 5 heteroatoms. The molecule has 0 aliphatic heterocycles. The summed E-state index contributed by atoms with van der Waals surface area (Å²) in [5, 5.41) is 2.76. The van der Waals surface area contributed by atoms with E-state index in [2.05, 4.69) is 5.32 Å². The summed E-state index contributed by atoms with van der Waals surface area (Å²) in [6, 6.07) is 14.1. The van der Waals surface area contributed by atoms with Crippen molar-refractivity contribution < 1.29 is 19.1 Å². The van der Waals surface area contributed by atoms with Crippen LogP contribution in [0.4, 0.5) is 5.69 Å². The van der Waals surface area contributed by atoms with Gasteiger partial charge in [-0.05, 0) is 60.9 Å². The zero-order valence-electron chi connectivity index (χ0n) is 15.9. The average Bonchev–Trinajstić information content (AvgIpc) is 2.66. The molecular formula is C22H25NO4. The van der Waals surface area contributed by atoms with E-state index in [0.29, 0.717) is 24.5 Å². The quantitative estimate of drug-likeness (QED) is 0.549. The summed E-state index contributed by atoms with van der Waals surface area (Å²) in [5.41, 5.74) is 1.96. The molecule has 0 heterocycles. The third-order valence-electron chi connectivity index (χ3n) is 3.55. The molecule has 27 heavy (non-hydrogen) atoms. The highest BCUT2D eigenvalue weighted by Crippen LogP contribution is 2.14. The fraction of sp³-hybridized carbons (Fsp3) is 0.273. The Morgan fingerprint density at radius 3 is 2.30 bits per heavy atom. The molecule has 1 amide bonds. The van der Waals surface area contributed by atoms with Crippen LogP contribution in [-0.2, 0) is 9.53 Å². The van der Waals surface area contributed by atoms with Gasteiger partial charge in [0, 0.05) is 11.8 Å². The molecule has 0 radical (unpaired) electrons. The van der Waals surface area contributed by atoms with Gasteiger partial charge in [0.25, 0.3) is 0 Å². The van der Waals surface area contributed by atoms with E-state index in [1.165, 1.54) is 6.08 Å². The molecule has 0 aliphatic carbocycles. The van der Waals surface area contributed by atoms with Gasteiger partial charge in [0.1, 0.15) is 5.75 Å². The number of hydrogen-bond acceptors (Lipinski definition) is 4. The fourth-order valence-electron chi connectivity index (χ4n) is 2.21. The lowest BCUT2D eigenvalue weighted by Crippen LogP contribution is -2.11. The molecule has 2 rings (SSSR count). The van der Waals surface area contributed by atoms with Crippen LogP contribution >= 0.6 is 0 Å². The molecule has 0 fully saturated rings. The maximum Gasteiger partial charge on any atom is 0.338 e. The van der Waals surface area contributed by atoms with E-state index in [4.69, 9.17) is 9.47 Å². The van der Waals surface area contributed by atoms with Crippen molar-refractivity contribution in [2.45, 2.75) is 20.8 Å². The van der Waals surface area contributed by atoms with Gasteiger partial charge in [0.2, 0.25) is 5.91 Å². The summed E-state index contributed by atoms with van der Waals surface area (Å²) in [7, 11) is 0. The predicted molar refractivity (Wildman–Crippen MR) is 107 cm³/mol. The lowest BCUT2D eigenvalue weighted by atomic mass is 10.2. The Labute approximate surface area is 160 Å². The van der Waals surface area contributed by atoms with E-state index in [0.717, 1.165) is 11.3 Å². The normalized spacial score (nSPS) is 10.8. The molecule has 2 aromatic rings. The van der Waals surface area contributed by atoms with Gasteiger partial charge in [-0.15, -0.1) is 0 Å². The van der Waals surface area contributed by atoms with Gasteiger partial charge in [-0.2, -0.15) is 0 Å². The van der Waals surface area contributed by atoms with E-state index in [-0.39, 0.29) is 17.8 Å². The maximum absolute atomic E-state index is 12.0. The SMILES string of the molecule is CCOc1ccc(C=CC(=O)Nc2ccc(C(=O)OCC(C)C)cc2)cc1. The molecule has 0 saturated carbocycles. The van der Waals surface area contributed by atoms with E-state index in [1.54, 1.807) is 30.3 Å². The van der Waals surface area contributed by atoms with Crippen molar-refractivity contribution >= 4 is 23.6 Å². The predicted octanol–water partition coefficient (Wildman–Crippen LogP) is 4.55. The monoisotopic (exact) mass is 367 g/mol. The third-order valence-corrected chi connectivity index (χ3v) is 3.55. The number of esters is 1. The first-order valence-corrected chi connectivity index (χ1v) is 8.97. The molecule has 0 aliphatic rings. The minimum Gasteiger partial charge on any atom is -0.494 e. The van der Waals surface area contributed by atoms with Gasteiger partial charge >= 0.3 is 5.97 Å². The standard InChI is InChI=1S/C22H25NO4/c1-4-26-20-12-5-17(6-13-20)7-14-21(24)23-19-10-8-18(9-11-19)22(25)27-15-16(2)3/h5-14,16H,4,15H2,1-3H3,(H,23,24). The Morgan fingerprint density at radius 2 is 1.70 bits per heavy atom. The zero-order valence-corrected chi connectivity index (χ0v) is 15.9. The average molecular weight is 367 g/mol. The van der Waals surface area contributed by atoms with Gasteiger partial charge in [0.15, 0.2) is 0 Å². The van der Waals surface area contributed by atoms with E-state index >= 15 is 0 Å². The number of hydrogen-bond donors (Lipinski definition) is 1. The Bertz CT molecular complexity index is 777. The minimum atomic E-state index is -0.364. The summed E-state index contributed by atoms with van der Waals surface area (Å²) >= 11 is 0. The highest BCUT2D eigenvalue weighted by atomic mass is 16.5. The zero-order chi connectivity index (χ0) is 19.6. The van der Waals surface area contributed by atoms with E-state index in [1.807, 2.05) is 45.0 Å². The minimum absolute atomic E-state index is 0.251. The first-order valence-electron chi connectivity index (χ1n) is 8.97. The van der Waals surface area contributed by atoms with Crippen molar-refractivity contribution in [1.82, 2.24) is 0 Å². The van der Waals surface area contributed by atoms with Crippen molar-refractivity contribution in [2.75, 3.05) is 18.5 Å². The molecule has 0 aromatic heterocycles. The number of amides is 1. The van der Waals surface area contributed by atoms with Gasteiger partial charge in [-0.3, -0.25) is 4.79 Å². The summed E-state index contributed by atoms with van der Waals surface area (Å²) in [5.74, 6) is 0.469. The number of carbonyl (C=O) groups is 2. The lowest BCUT2D eigenvalue weighted by molar-refractivity contribution is -0.111. The Morgan fingerprint density at radius 1 is 1.04 bits per heavy atom. The van der Waals surface area contributed by atoms with Gasteiger partial charge in [-0.25, -0.2) is 4.79 Å². The first-order chi connectivity index (χ1) is 13.0. The van der Waals surface area contributed by atoms with Crippen molar-refractivity contribution in [3.63, 3.8) is 0 Å². The van der Waals surface area contributed by atoms with Crippen LogP contribution in [0.1, 0.15) is 36.7 Å². The Hall–Kier alpha value is -3.08. The van der Waals surface area contributed by atoms with Crippen LogP contribution in [-0.4, -0.2) is 25.1 Å². The molecule has 142 valence electrons. The molecule has 0 spiro atoms. The second kappa shape index (κ2) is 10.2. The lowest BCUT2D eigenvalue weighted by Gasteiger charge is -2.08. The second-order valence-electron chi connectivity index (χ2n) is 6.39. The van der Waals surface area contributed by atoms with Crippen LogP contribution in [0.2, 0.25) is 0 Å². The largest absolute Gasteiger partial charge is 0.494 e. The molecular weight excluding hydrogens is 342 g/mol. The van der Waals surface area contributed by atoms with Crippen LogP contribution in [0, 0.1) is 5.92 Å². The van der Waals surface area contributed by atoms with Gasteiger partial charge in [-0.1, -0.05) is 26.0 Å².